The quantitative estimate of drug-likeness (QED) is 0.686. The topological polar surface area (TPSA) is 99.2 Å². The molecule has 2 N–H and O–H groups in total. The molecule has 8 nitrogen and oxygen atoms in total. The van der Waals surface area contributed by atoms with Gasteiger partial charge in [-0.05, 0) is 17.5 Å². The van der Waals surface area contributed by atoms with E-state index in [0.29, 0.717) is 17.3 Å². The molecule has 1 amide bonds. The van der Waals surface area contributed by atoms with E-state index in [2.05, 4.69) is 35.8 Å². The highest BCUT2D eigenvalue weighted by atomic mass is 35.5. The molecule has 2 aromatic heterocycles. The number of nitrogens with zero attached hydrogens (tertiary/aromatic N) is 5. The molecule has 156 valence electrons. The number of hydrogen-bond acceptors (Lipinski definition) is 6. The molecule has 0 radical (unpaired) electrons. The number of hydrogen-bond donors (Lipinski definition) is 1. The third-order valence-corrected chi connectivity index (χ3v) is 5.01. The van der Waals surface area contributed by atoms with Crippen molar-refractivity contribution >= 4 is 29.0 Å². The Morgan fingerprint density at radius 2 is 2.07 bits per heavy atom. The normalized spacial score (nSPS) is 14.3. The van der Waals surface area contributed by atoms with Gasteiger partial charge in [0, 0.05) is 29.6 Å². The van der Waals surface area contributed by atoms with Crippen molar-refractivity contribution in [1.29, 1.82) is 0 Å². The fraction of sp³-hybridized carbons (Fsp3) is 0.333. The molecular weight excluding hydrogens is 404 g/mol. The molecule has 1 aliphatic rings. The summed E-state index contributed by atoms with van der Waals surface area (Å²) in [6.45, 7) is 7.91. The van der Waals surface area contributed by atoms with Gasteiger partial charge in [-0.25, -0.2) is 9.97 Å². The summed E-state index contributed by atoms with van der Waals surface area (Å²) < 4.78 is 7.49. The fourth-order valence-corrected chi connectivity index (χ4v) is 3.67. The van der Waals surface area contributed by atoms with Crippen molar-refractivity contribution in [3.63, 3.8) is 0 Å². The van der Waals surface area contributed by atoms with Crippen LogP contribution < -0.4 is 15.4 Å². The van der Waals surface area contributed by atoms with E-state index in [1.807, 2.05) is 23.0 Å². The molecule has 30 heavy (non-hydrogen) atoms. The lowest BCUT2D eigenvalue weighted by Gasteiger charge is -2.21. The zero-order chi connectivity index (χ0) is 21.5. The van der Waals surface area contributed by atoms with Gasteiger partial charge in [-0.2, -0.15) is 5.10 Å². The second-order valence-corrected chi connectivity index (χ2v) is 8.80. The Kier molecular flexibility index (Phi) is 5.11. The van der Waals surface area contributed by atoms with E-state index < -0.39 is 0 Å². The summed E-state index contributed by atoms with van der Waals surface area (Å²) in [6.07, 6.45) is 5.06. The number of rotatable bonds is 3. The summed E-state index contributed by atoms with van der Waals surface area (Å²) >= 11 is 6.59. The van der Waals surface area contributed by atoms with Gasteiger partial charge < -0.3 is 15.4 Å². The number of nitrogens with two attached hydrogens (primary N) is 1. The molecule has 0 bridgehead atoms. The third kappa shape index (κ3) is 3.95. The number of aromatic nitrogens is 4. The van der Waals surface area contributed by atoms with Crippen molar-refractivity contribution in [2.24, 2.45) is 5.41 Å². The molecule has 0 unspecified atom stereocenters. The lowest BCUT2D eigenvalue weighted by atomic mass is 9.97. The van der Waals surface area contributed by atoms with Gasteiger partial charge >= 0.3 is 0 Å². The molecule has 1 aromatic carbocycles. The van der Waals surface area contributed by atoms with Gasteiger partial charge in [0.05, 0.1) is 17.8 Å². The molecule has 0 fully saturated rings. The summed E-state index contributed by atoms with van der Waals surface area (Å²) in [4.78, 5) is 22.6. The first-order valence-electron chi connectivity index (χ1n) is 9.60. The van der Waals surface area contributed by atoms with Gasteiger partial charge in [0.2, 0.25) is 5.88 Å². The minimum atomic E-state index is -0.317. The number of carbonyl (C=O) groups is 1. The predicted molar refractivity (Wildman–Crippen MR) is 116 cm³/mol. The summed E-state index contributed by atoms with van der Waals surface area (Å²) in [5, 5.41) is 4.97. The predicted octanol–water partition coefficient (Wildman–Crippen LogP) is 3.66. The average molecular weight is 427 g/mol. The Morgan fingerprint density at radius 3 is 2.80 bits per heavy atom. The van der Waals surface area contributed by atoms with Gasteiger partial charge in [-0.15, -0.1) is 0 Å². The fourth-order valence-electron chi connectivity index (χ4n) is 3.39. The molecule has 0 atom stereocenters. The minimum absolute atomic E-state index is 0.0888. The summed E-state index contributed by atoms with van der Waals surface area (Å²) in [6, 6.07) is 5.51. The van der Waals surface area contributed by atoms with Gasteiger partial charge in [0.25, 0.3) is 5.91 Å². The van der Waals surface area contributed by atoms with Crippen molar-refractivity contribution < 1.29 is 9.53 Å². The van der Waals surface area contributed by atoms with E-state index in [4.69, 9.17) is 22.1 Å². The molecule has 9 heteroatoms. The third-order valence-electron chi connectivity index (χ3n) is 4.70. The SMILES string of the molecule is CC(C)(C)Cn1cc(-c2ccc(N3CCOc4ncnc(N)c4C3=O)cc2Cl)cn1. The maximum atomic E-state index is 13.1. The van der Waals surface area contributed by atoms with Crippen LogP contribution in [0.25, 0.3) is 11.1 Å². The van der Waals surface area contributed by atoms with Crippen molar-refractivity contribution in [1.82, 2.24) is 19.7 Å². The minimum Gasteiger partial charge on any atom is -0.475 e. The highest BCUT2D eigenvalue weighted by Crippen LogP contribution is 2.34. The lowest BCUT2D eigenvalue weighted by Crippen LogP contribution is -2.32. The van der Waals surface area contributed by atoms with E-state index in [1.165, 1.54) is 6.33 Å². The number of benzene rings is 1. The van der Waals surface area contributed by atoms with Crippen LogP contribution in [0.1, 0.15) is 31.1 Å². The average Bonchev–Trinajstić information content (AvgIpc) is 3.03. The summed E-state index contributed by atoms with van der Waals surface area (Å²) in [5.74, 6) is -0.0303. The van der Waals surface area contributed by atoms with Crippen LogP contribution in [-0.4, -0.2) is 38.8 Å². The molecule has 4 rings (SSSR count). The van der Waals surface area contributed by atoms with Crippen molar-refractivity contribution in [2.75, 3.05) is 23.8 Å². The van der Waals surface area contributed by atoms with Crippen LogP contribution in [0.4, 0.5) is 11.5 Å². The highest BCUT2D eigenvalue weighted by molar-refractivity contribution is 6.33. The first-order valence-corrected chi connectivity index (χ1v) is 9.98. The Labute approximate surface area is 179 Å². The molecule has 0 saturated carbocycles. The molecular formula is C21H23ClN6O2. The van der Waals surface area contributed by atoms with Gasteiger partial charge in [-0.1, -0.05) is 38.4 Å². The molecule has 1 aliphatic heterocycles. The van der Waals surface area contributed by atoms with E-state index in [1.54, 1.807) is 17.2 Å². The number of halogens is 1. The lowest BCUT2D eigenvalue weighted by molar-refractivity contribution is 0.0990. The van der Waals surface area contributed by atoms with Crippen LogP contribution in [0.5, 0.6) is 5.88 Å². The zero-order valence-electron chi connectivity index (χ0n) is 17.1. The number of anilines is 2. The molecule has 0 spiro atoms. The summed E-state index contributed by atoms with van der Waals surface area (Å²) in [7, 11) is 0. The van der Waals surface area contributed by atoms with Crippen LogP contribution in [0, 0.1) is 5.41 Å². The molecule has 0 saturated heterocycles. The van der Waals surface area contributed by atoms with Crippen LogP contribution in [0.2, 0.25) is 5.02 Å². The van der Waals surface area contributed by atoms with Gasteiger partial charge in [0.15, 0.2) is 0 Å². The molecule has 3 aromatic rings. The van der Waals surface area contributed by atoms with Crippen molar-refractivity contribution in [3.8, 4) is 17.0 Å². The Hall–Kier alpha value is -3.13. The number of carbonyl (C=O) groups excluding carboxylic acids is 1. The molecule has 0 aliphatic carbocycles. The first kappa shape index (κ1) is 20.2. The highest BCUT2D eigenvalue weighted by Gasteiger charge is 2.29. The van der Waals surface area contributed by atoms with Crippen LogP contribution in [-0.2, 0) is 6.54 Å². The van der Waals surface area contributed by atoms with Crippen molar-refractivity contribution in [3.05, 3.63) is 47.5 Å². The van der Waals surface area contributed by atoms with E-state index in [0.717, 1.165) is 17.7 Å². The second kappa shape index (κ2) is 7.60. The van der Waals surface area contributed by atoms with Crippen LogP contribution >= 0.6 is 11.6 Å². The Morgan fingerprint density at radius 1 is 1.27 bits per heavy atom. The first-order chi connectivity index (χ1) is 14.2. The molecule has 3 heterocycles. The van der Waals surface area contributed by atoms with E-state index in [9.17, 15) is 4.79 Å². The second-order valence-electron chi connectivity index (χ2n) is 8.40. The van der Waals surface area contributed by atoms with Gasteiger partial charge in [0.1, 0.15) is 24.3 Å². The van der Waals surface area contributed by atoms with Crippen LogP contribution in [0.15, 0.2) is 36.9 Å². The van der Waals surface area contributed by atoms with Crippen molar-refractivity contribution in [2.45, 2.75) is 27.3 Å². The van der Waals surface area contributed by atoms with Crippen LogP contribution in [0.3, 0.4) is 0 Å². The van der Waals surface area contributed by atoms with E-state index >= 15 is 0 Å². The number of fused-ring (bicyclic) bond motifs is 1. The largest absolute Gasteiger partial charge is 0.475 e. The number of nitrogen functional groups attached to an aromatic ring is 1. The Bertz CT molecular complexity index is 1110. The van der Waals surface area contributed by atoms with E-state index in [-0.39, 0.29) is 35.2 Å². The monoisotopic (exact) mass is 426 g/mol. The zero-order valence-corrected chi connectivity index (χ0v) is 17.8. The van der Waals surface area contributed by atoms with Gasteiger partial charge in [-0.3, -0.25) is 9.48 Å². The maximum absolute atomic E-state index is 13.1. The smallest absolute Gasteiger partial charge is 0.267 e. The standard InChI is InChI=1S/C21H23ClN6O2/c1-21(2,3)11-27-10-13(9-26-27)15-5-4-14(8-16(15)22)28-6-7-30-19-17(20(28)29)18(23)24-12-25-19/h4-5,8-10,12H,6-7,11H2,1-3H3,(H2,23,24,25). The number of ether oxygens (including phenoxy) is 1. The summed E-state index contributed by atoms with van der Waals surface area (Å²) in [5.41, 5.74) is 8.61. The maximum Gasteiger partial charge on any atom is 0.267 e. The Balaban J connectivity index is 1.64. The number of amides is 1.